The quantitative estimate of drug-likeness (QED) is 0.408. The summed E-state index contributed by atoms with van der Waals surface area (Å²) in [5, 5.41) is 0. The second-order valence-corrected chi connectivity index (χ2v) is 10.3. The van der Waals surface area contributed by atoms with E-state index in [9.17, 15) is 14.4 Å². The van der Waals surface area contributed by atoms with Crippen LogP contribution >= 0.6 is 0 Å². The molecule has 30 heavy (non-hydrogen) atoms. The van der Waals surface area contributed by atoms with Crippen molar-refractivity contribution < 1.29 is 23.9 Å². The molecule has 0 radical (unpaired) electrons. The summed E-state index contributed by atoms with van der Waals surface area (Å²) in [7, 11) is 0. The fourth-order valence-corrected chi connectivity index (χ4v) is 4.02. The minimum Gasteiger partial charge on any atom is -0.463 e. The smallest absolute Gasteiger partial charge is 0.312 e. The van der Waals surface area contributed by atoms with Crippen molar-refractivity contribution in [2.24, 2.45) is 28.6 Å². The van der Waals surface area contributed by atoms with Gasteiger partial charge in [-0.3, -0.25) is 14.4 Å². The Kier molecular flexibility index (Phi) is 9.83. The Morgan fingerprint density at radius 2 is 1.63 bits per heavy atom. The van der Waals surface area contributed by atoms with Crippen LogP contribution in [0, 0.1) is 28.6 Å². The maximum absolute atomic E-state index is 12.8. The number of carbonyl (C=O) groups is 3. The SMILES string of the molecule is CCCC(C)C(=O)N(CCOC(=O)C(C)(C)CC(C)C)CCOC(=O)C1(C)CC1C. The van der Waals surface area contributed by atoms with Gasteiger partial charge in [0, 0.05) is 5.92 Å². The van der Waals surface area contributed by atoms with Crippen LogP contribution in [0.25, 0.3) is 0 Å². The molecule has 0 aromatic carbocycles. The maximum Gasteiger partial charge on any atom is 0.312 e. The van der Waals surface area contributed by atoms with E-state index in [0.29, 0.717) is 24.9 Å². The minimum absolute atomic E-state index is 0.0105. The average molecular weight is 426 g/mol. The fraction of sp³-hybridized carbons (Fsp3) is 0.875. The summed E-state index contributed by atoms with van der Waals surface area (Å²) in [5.74, 6) is 0.210. The van der Waals surface area contributed by atoms with Gasteiger partial charge in [0.25, 0.3) is 0 Å². The molecule has 0 saturated heterocycles. The first-order chi connectivity index (χ1) is 13.8. The van der Waals surface area contributed by atoms with Gasteiger partial charge in [0.2, 0.25) is 5.91 Å². The Balaban J connectivity index is 2.60. The van der Waals surface area contributed by atoms with Crippen LogP contribution in [0.2, 0.25) is 0 Å². The van der Waals surface area contributed by atoms with Gasteiger partial charge in [0.1, 0.15) is 13.2 Å². The molecule has 1 rings (SSSR count). The number of carbonyl (C=O) groups excluding carboxylic acids is 3. The van der Waals surface area contributed by atoms with Crippen molar-refractivity contribution >= 4 is 17.8 Å². The van der Waals surface area contributed by atoms with E-state index in [1.807, 2.05) is 41.5 Å². The highest BCUT2D eigenvalue weighted by atomic mass is 16.5. The van der Waals surface area contributed by atoms with Crippen LogP contribution in [0.1, 0.15) is 81.1 Å². The summed E-state index contributed by atoms with van der Waals surface area (Å²) in [6, 6.07) is 0. The van der Waals surface area contributed by atoms with E-state index in [1.54, 1.807) is 4.90 Å². The van der Waals surface area contributed by atoms with Crippen molar-refractivity contribution in [2.45, 2.75) is 81.1 Å². The van der Waals surface area contributed by atoms with Gasteiger partial charge in [-0.25, -0.2) is 0 Å². The van der Waals surface area contributed by atoms with Gasteiger partial charge in [-0.15, -0.1) is 0 Å². The molecule has 1 saturated carbocycles. The minimum atomic E-state index is -0.551. The lowest BCUT2D eigenvalue weighted by atomic mass is 9.84. The van der Waals surface area contributed by atoms with Crippen molar-refractivity contribution in [1.29, 1.82) is 0 Å². The first kappa shape index (κ1) is 26.4. The van der Waals surface area contributed by atoms with Crippen LogP contribution in [0.4, 0.5) is 0 Å². The van der Waals surface area contributed by atoms with Crippen molar-refractivity contribution in [3.63, 3.8) is 0 Å². The maximum atomic E-state index is 12.8. The van der Waals surface area contributed by atoms with E-state index in [4.69, 9.17) is 9.47 Å². The molecule has 3 unspecified atom stereocenters. The van der Waals surface area contributed by atoms with Gasteiger partial charge in [-0.05, 0) is 51.9 Å². The van der Waals surface area contributed by atoms with Crippen LogP contribution in [-0.4, -0.2) is 49.0 Å². The lowest BCUT2D eigenvalue weighted by Crippen LogP contribution is -2.41. The fourth-order valence-electron chi connectivity index (χ4n) is 4.02. The molecule has 0 heterocycles. The molecule has 0 N–H and O–H groups in total. The van der Waals surface area contributed by atoms with Crippen molar-refractivity contribution in [3.8, 4) is 0 Å². The first-order valence-corrected chi connectivity index (χ1v) is 11.5. The van der Waals surface area contributed by atoms with Gasteiger partial charge in [0.05, 0.1) is 23.9 Å². The lowest BCUT2D eigenvalue weighted by Gasteiger charge is -2.28. The number of ether oxygens (including phenoxy) is 2. The van der Waals surface area contributed by atoms with E-state index >= 15 is 0 Å². The predicted octanol–water partition coefficient (Wildman–Crippen LogP) is 4.46. The zero-order valence-electron chi connectivity index (χ0n) is 20.4. The summed E-state index contributed by atoms with van der Waals surface area (Å²) in [6.07, 6.45) is 3.32. The summed E-state index contributed by atoms with van der Waals surface area (Å²) < 4.78 is 10.9. The van der Waals surface area contributed by atoms with Crippen LogP contribution in [-0.2, 0) is 23.9 Å². The summed E-state index contributed by atoms with van der Waals surface area (Å²) in [6.45, 7) is 16.8. The molecule has 0 aromatic rings. The molecular formula is C24H43NO5. The second-order valence-electron chi connectivity index (χ2n) is 10.3. The Labute approximate surface area is 183 Å². The molecule has 0 bridgehead atoms. The van der Waals surface area contributed by atoms with Crippen molar-refractivity contribution in [1.82, 2.24) is 4.90 Å². The topological polar surface area (TPSA) is 72.9 Å². The molecular weight excluding hydrogens is 382 g/mol. The molecule has 1 aliphatic rings. The van der Waals surface area contributed by atoms with Crippen LogP contribution in [0.15, 0.2) is 0 Å². The molecule has 0 aliphatic heterocycles. The van der Waals surface area contributed by atoms with E-state index in [1.165, 1.54) is 0 Å². The molecule has 6 nitrogen and oxygen atoms in total. The van der Waals surface area contributed by atoms with E-state index in [0.717, 1.165) is 25.7 Å². The Morgan fingerprint density at radius 3 is 2.10 bits per heavy atom. The summed E-state index contributed by atoms with van der Waals surface area (Å²) in [5.41, 5.74) is -0.924. The third-order valence-electron chi connectivity index (χ3n) is 6.24. The summed E-state index contributed by atoms with van der Waals surface area (Å²) in [4.78, 5) is 39.2. The Hall–Kier alpha value is -1.59. The van der Waals surface area contributed by atoms with Crippen molar-refractivity contribution in [2.75, 3.05) is 26.3 Å². The normalized spacial score (nSPS) is 21.8. The highest BCUT2D eigenvalue weighted by Gasteiger charge is 2.54. The number of hydrogen-bond donors (Lipinski definition) is 0. The Bertz CT molecular complexity index is 600. The van der Waals surface area contributed by atoms with Gasteiger partial charge in [0.15, 0.2) is 0 Å². The molecule has 0 aromatic heterocycles. The van der Waals surface area contributed by atoms with Gasteiger partial charge in [-0.2, -0.15) is 0 Å². The zero-order valence-corrected chi connectivity index (χ0v) is 20.4. The van der Waals surface area contributed by atoms with E-state index in [2.05, 4.69) is 13.8 Å². The van der Waals surface area contributed by atoms with E-state index < -0.39 is 5.41 Å². The highest BCUT2D eigenvalue weighted by molar-refractivity contribution is 5.80. The van der Waals surface area contributed by atoms with Crippen molar-refractivity contribution in [3.05, 3.63) is 0 Å². The largest absolute Gasteiger partial charge is 0.463 e. The second kappa shape index (κ2) is 11.1. The Morgan fingerprint density at radius 1 is 1.10 bits per heavy atom. The van der Waals surface area contributed by atoms with Crippen LogP contribution in [0.3, 0.4) is 0 Å². The molecule has 6 heteroatoms. The monoisotopic (exact) mass is 425 g/mol. The van der Waals surface area contributed by atoms with Gasteiger partial charge >= 0.3 is 11.9 Å². The highest BCUT2D eigenvalue weighted by Crippen LogP contribution is 2.52. The van der Waals surface area contributed by atoms with Gasteiger partial charge in [-0.1, -0.05) is 41.0 Å². The number of nitrogens with zero attached hydrogens (tertiary/aromatic N) is 1. The van der Waals surface area contributed by atoms with E-state index in [-0.39, 0.29) is 42.4 Å². The third kappa shape index (κ3) is 7.59. The van der Waals surface area contributed by atoms with Crippen LogP contribution < -0.4 is 0 Å². The molecule has 0 spiro atoms. The first-order valence-electron chi connectivity index (χ1n) is 11.5. The zero-order chi connectivity index (χ0) is 23.1. The number of hydrogen-bond acceptors (Lipinski definition) is 5. The molecule has 3 atom stereocenters. The number of esters is 2. The lowest BCUT2D eigenvalue weighted by molar-refractivity contribution is -0.157. The molecule has 1 amide bonds. The summed E-state index contributed by atoms with van der Waals surface area (Å²) >= 11 is 0. The van der Waals surface area contributed by atoms with Gasteiger partial charge < -0.3 is 14.4 Å². The predicted molar refractivity (Wildman–Crippen MR) is 118 cm³/mol. The average Bonchev–Trinajstić information content (AvgIpc) is 3.26. The molecule has 174 valence electrons. The number of amides is 1. The number of rotatable bonds is 13. The van der Waals surface area contributed by atoms with Crippen LogP contribution in [0.5, 0.6) is 0 Å². The molecule has 1 fully saturated rings. The molecule has 1 aliphatic carbocycles. The third-order valence-corrected chi connectivity index (χ3v) is 6.24. The standard InChI is InChI=1S/C24H43NO5/c1-9-10-18(4)20(26)25(12-14-30-22(28)24(8)16-19(24)5)11-13-29-21(27)23(6,7)15-17(2)3/h17-19H,9-16H2,1-8H3.